The molecule has 5 heteroatoms. The van der Waals surface area contributed by atoms with E-state index in [9.17, 15) is 9.90 Å². The van der Waals surface area contributed by atoms with Gasteiger partial charge in [0.05, 0.1) is 25.9 Å². The van der Waals surface area contributed by atoms with Gasteiger partial charge >= 0.3 is 0 Å². The van der Waals surface area contributed by atoms with Gasteiger partial charge in [-0.15, -0.1) is 6.58 Å². The molecular formula is C14H19NO4. The quantitative estimate of drug-likeness (QED) is 0.555. The van der Waals surface area contributed by atoms with Crippen LogP contribution in [-0.4, -0.2) is 37.9 Å². The standard InChI is InChI=1S/C14H19NO4/c1-3-4-8-19-9-7-15-14(17)12-6-5-11(18-2)10-13(12)16/h3,5-6,10,16H,1,4,7-9H2,2H3,(H,15,17). The van der Waals surface area contributed by atoms with E-state index in [-0.39, 0.29) is 17.2 Å². The van der Waals surface area contributed by atoms with Crippen molar-refractivity contribution >= 4 is 5.91 Å². The van der Waals surface area contributed by atoms with Gasteiger partial charge in [0.2, 0.25) is 0 Å². The van der Waals surface area contributed by atoms with Crippen LogP contribution in [0.5, 0.6) is 11.5 Å². The molecule has 104 valence electrons. The third-order valence-corrected chi connectivity index (χ3v) is 2.45. The van der Waals surface area contributed by atoms with Crippen molar-refractivity contribution in [3.8, 4) is 11.5 Å². The molecule has 0 saturated carbocycles. The second kappa shape index (κ2) is 8.16. The SMILES string of the molecule is C=CCCOCCNC(=O)c1ccc(OC)cc1O. The minimum Gasteiger partial charge on any atom is -0.507 e. The Kier molecular flexibility index (Phi) is 6.46. The van der Waals surface area contributed by atoms with Crippen molar-refractivity contribution < 1.29 is 19.4 Å². The first-order valence-electron chi connectivity index (χ1n) is 6.03. The van der Waals surface area contributed by atoms with E-state index in [0.29, 0.717) is 25.5 Å². The van der Waals surface area contributed by atoms with Crippen molar-refractivity contribution in [3.63, 3.8) is 0 Å². The lowest BCUT2D eigenvalue weighted by molar-refractivity contribution is 0.0915. The Labute approximate surface area is 112 Å². The summed E-state index contributed by atoms with van der Waals surface area (Å²) in [6, 6.07) is 4.53. The summed E-state index contributed by atoms with van der Waals surface area (Å²) in [5, 5.41) is 12.3. The summed E-state index contributed by atoms with van der Waals surface area (Å²) in [5.74, 6) is 0.0544. The normalized spacial score (nSPS) is 9.95. The number of nitrogens with one attached hydrogen (secondary N) is 1. The van der Waals surface area contributed by atoms with Crippen molar-refractivity contribution in [2.45, 2.75) is 6.42 Å². The van der Waals surface area contributed by atoms with Crippen LogP contribution in [-0.2, 0) is 4.74 Å². The van der Waals surface area contributed by atoms with Gasteiger partial charge in [0, 0.05) is 12.6 Å². The summed E-state index contributed by atoms with van der Waals surface area (Å²) < 4.78 is 10.2. The molecule has 1 amide bonds. The van der Waals surface area contributed by atoms with Gasteiger partial charge in [-0.1, -0.05) is 6.08 Å². The van der Waals surface area contributed by atoms with E-state index in [0.717, 1.165) is 6.42 Å². The van der Waals surface area contributed by atoms with Crippen LogP contribution in [0.3, 0.4) is 0 Å². The van der Waals surface area contributed by atoms with Gasteiger partial charge in [0.15, 0.2) is 0 Å². The van der Waals surface area contributed by atoms with E-state index < -0.39 is 0 Å². The molecule has 5 nitrogen and oxygen atoms in total. The maximum atomic E-state index is 11.8. The van der Waals surface area contributed by atoms with Gasteiger partial charge in [-0.25, -0.2) is 0 Å². The molecule has 1 aromatic carbocycles. The molecule has 0 unspecified atom stereocenters. The predicted octanol–water partition coefficient (Wildman–Crippen LogP) is 1.72. The number of benzene rings is 1. The maximum absolute atomic E-state index is 11.8. The highest BCUT2D eigenvalue weighted by Gasteiger charge is 2.11. The molecule has 0 spiro atoms. The molecule has 0 atom stereocenters. The Balaban J connectivity index is 2.39. The second-order valence-electron chi connectivity index (χ2n) is 3.83. The minimum atomic E-state index is -0.340. The number of phenolic OH excluding ortho intramolecular Hbond substituents is 1. The minimum absolute atomic E-state index is 0.107. The fraction of sp³-hybridized carbons (Fsp3) is 0.357. The molecule has 0 fully saturated rings. The van der Waals surface area contributed by atoms with E-state index in [1.165, 1.54) is 19.2 Å². The number of phenols is 1. The lowest BCUT2D eigenvalue weighted by Gasteiger charge is -2.08. The summed E-state index contributed by atoms with van der Waals surface area (Å²) >= 11 is 0. The lowest BCUT2D eigenvalue weighted by atomic mass is 10.2. The molecule has 0 heterocycles. The fourth-order valence-electron chi connectivity index (χ4n) is 1.43. The van der Waals surface area contributed by atoms with E-state index in [2.05, 4.69) is 11.9 Å². The molecule has 1 rings (SSSR count). The number of ether oxygens (including phenoxy) is 2. The number of methoxy groups -OCH3 is 1. The van der Waals surface area contributed by atoms with Gasteiger partial charge in [-0.05, 0) is 18.6 Å². The van der Waals surface area contributed by atoms with Crippen molar-refractivity contribution in [1.29, 1.82) is 0 Å². The summed E-state index contributed by atoms with van der Waals surface area (Å²) in [4.78, 5) is 11.8. The zero-order chi connectivity index (χ0) is 14.1. The van der Waals surface area contributed by atoms with Gasteiger partial charge < -0.3 is 19.9 Å². The number of amides is 1. The van der Waals surface area contributed by atoms with E-state index >= 15 is 0 Å². The first kappa shape index (κ1) is 15.0. The summed E-state index contributed by atoms with van der Waals surface area (Å²) in [7, 11) is 1.50. The van der Waals surface area contributed by atoms with Gasteiger partial charge in [-0.2, -0.15) is 0 Å². The molecule has 2 N–H and O–H groups in total. The number of carbonyl (C=O) groups is 1. The molecule has 0 aliphatic rings. The Hall–Kier alpha value is -2.01. The van der Waals surface area contributed by atoms with Gasteiger partial charge in [0.1, 0.15) is 11.5 Å². The molecule has 0 saturated heterocycles. The average molecular weight is 265 g/mol. The smallest absolute Gasteiger partial charge is 0.255 e. The van der Waals surface area contributed by atoms with E-state index in [1.807, 2.05) is 0 Å². The van der Waals surface area contributed by atoms with Crippen LogP contribution in [0.4, 0.5) is 0 Å². The maximum Gasteiger partial charge on any atom is 0.255 e. The van der Waals surface area contributed by atoms with Crippen LogP contribution in [0.25, 0.3) is 0 Å². The zero-order valence-electron chi connectivity index (χ0n) is 11.0. The Morgan fingerprint density at radius 3 is 2.89 bits per heavy atom. The monoisotopic (exact) mass is 265 g/mol. The van der Waals surface area contributed by atoms with Crippen molar-refractivity contribution in [2.75, 3.05) is 26.9 Å². The van der Waals surface area contributed by atoms with Crippen molar-refractivity contribution in [3.05, 3.63) is 36.4 Å². The average Bonchev–Trinajstić information content (AvgIpc) is 2.42. The molecule has 0 bridgehead atoms. The third-order valence-electron chi connectivity index (χ3n) is 2.45. The molecule has 1 aromatic rings. The summed E-state index contributed by atoms with van der Waals surface area (Å²) in [6.45, 7) is 4.99. The number of hydrogen-bond donors (Lipinski definition) is 2. The topological polar surface area (TPSA) is 67.8 Å². The summed E-state index contributed by atoms with van der Waals surface area (Å²) in [6.07, 6.45) is 2.56. The van der Waals surface area contributed by atoms with Crippen LogP contribution >= 0.6 is 0 Å². The van der Waals surface area contributed by atoms with Crippen LogP contribution < -0.4 is 10.1 Å². The first-order chi connectivity index (χ1) is 9.19. The highest BCUT2D eigenvalue weighted by molar-refractivity contribution is 5.96. The molecule has 0 aliphatic carbocycles. The number of aromatic hydroxyl groups is 1. The van der Waals surface area contributed by atoms with Crippen molar-refractivity contribution in [2.24, 2.45) is 0 Å². The molecule has 0 radical (unpaired) electrons. The molecular weight excluding hydrogens is 246 g/mol. The largest absolute Gasteiger partial charge is 0.507 e. The molecule has 0 aromatic heterocycles. The number of carbonyl (C=O) groups excluding carboxylic acids is 1. The van der Waals surface area contributed by atoms with Crippen LogP contribution in [0.2, 0.25) is 0 Å². The number of rotatable bonds is 8. The van der Waals surface area contributed by atoms with Gasteiger partial charge in [0.25, 0.3) is 5.91 Å². The van der Waals surface area contributed by atoms with Crippen molar-refractivity contribution in [1.82, 2.24) is 5.32 Å². The lowest BCUT2D eigenvalue weighted by Crippen LogP contribution is -2.27. The first-order valence-corrected chi connectivity index (χ1v) is 6.03. The Morgan fingerprint density at radius 1 is 1.47 bits per heavy atom. The van der Waals surface area contributed by atoms with Crippen LogP contribution in [0.1, 0.15) is 16.8 Å². The molecule has 0 aliphatic heterocycles. The Bertz CT molecular complexity index is 431. The summed E-state index contributed by atoms with van der Waals surface area (Å²) in [5.41, 5.74) is 0.215. The van der Waals surface area contributed by atoms with Crippen LogP contribution in [0.15, 0.2) is 30.9 Å². The third kappa shape index (κ3) is 5.01. The Morgan fingerprint density at radius 2 is 2.26 bits per heavy atom. The second-order valence-corrected chi connectivity index (χ2v) is 3.83. The van der Waals surface area contributed by atoms with Gasteiger partial charge in [-0.3, -0.25) is 4.79 Å². The highest BCUT2D eigenvalue weighted by atomic mass is 16.5. The predicted molar refractivity (Wildman–Crippen MR) is 72.6 cm³/mol. The van der Waals surface area contributed by atoms with Crippen LogP contribution in [0, 0.1) is 0 Å². The van der Waals surface area contributed by atoms with E-state index in [1.54, 1.807) is 12.1 Å². The number of hydrogen-bond acceptors (Lipinski definition) is 4. The highest BCUT2D eigenvalue weighted by Crippen LogP contribution is 2.22. The fourth-order valence-corrected chi connectivity index (χ4v) is 1.43. The molecule has 19 heavy (non-hydrogen) atoms. The zero-order valence-corrected chi connectivity index (χ0v) is 11.0. The van der Waals surface area contributed by atoms with E-state index in [4.69, 9.17) is 9.47 Å².